The van der Waals surface area contributed by atoms with Gasteiger partial charge in [-0.3, -0.25) is 0 Å². The van der Waals surface area contributed by atoms with Gasteiger partial charge in [-0.2, -0.15) is 0 Å². The fourth-order valence-corrected chi connectivity index (χ4v) is 2.24. The van der Waals surface area contributed by atoms with Crippen molar-refractivity contribution in [2.45, 2.75) is 39.5 Å². The van der Waals surface area contributed by atoms with Crippen LogP contribution in [0.15, 0.2) is 10.5 Å². The molecule has 1 atom stereocenters. The van der Waals surface area contributed by atoms with Crippen LogP contribution in [0.3, 0.4) is 0 Å². The van der Waals surface area contributed by atoms with Gasteiger partial charge < -0.3 is 14.1 Å². The summed E-state index contributed by atoms with van der Waals surface area (Å²) < 4.78 is 11.4. The van der Waals surface area contributed by atoms with E-state index in [1.165, 1.54) is 5.57 Å². The van der Waals surface area contributed by atoms with E-state index < -0.39 is 0 Å². The predicted molar refractivity (Wildman–Crippen MR) is 76.5 cm³/mol. The highest BCUT2D eigenvalue weighted by Gasteiger charge is 2.22. The van der Waals surface area contributed by atoms with Gasteiger partial charge in [-0.1, -0.05) is 19.9 Å². The van der Waals surface area contributed by atoms with Gasteiger partial charge in [0.1, 0.15) is 5.69 Å². The number of hydrogen-bond donors (Lipinski definition) is 0. The lowest BCUT2D eigenvalue weighted by Crippen LogP contribution is -2.25. The molecule has 0 radical (unpaired) electrons. The maximum atomic E-state index is 5.84. The summed E-state index contributed by atoms with van der Waals surface area (Å²) >= 11 is 0. The van der Waals surface area contributed by atoms with E-state index in [2.05, 4.69) is 36.9 Å². The molecule has 0 aromatic carbocycles. The molecule has 4 heteroatoms. The summed E-state index contributed by atoms with van der Waals surface area (Å²) in [5.74, 6) is 1.69. The summed E-state index contributed by atoms with van der Waals surface area (Å²) in [6, 6.07) is 0. The maximum Gasteiger partial charge on any atom is 0.309 e. The third kappa shape index (κ3) is 3.18. The summed E-state index contributed by atoms with van der Waals surface area (Å²) in [4.78, 5) is 6.95. The summed E-state index contributed by atoms with van der Waals surface area (Å²) in [5.41, 5.74) is 2.12. The monoisotopic (exact) mass is 264 g/mol. The van der Waals surface area contributed by atoms with Crippen LogP contribution in [0, 0.1) is 0 Å². The van der Waals surface area contributed by atoms with Gasteiger partial charge in [-0.25, -0.2) is 4.98 Å². The first-order valence-corrected chi connectivity index (χ1v) is 7.17. The van der Waals surface area contributed by atoms with Crippen LogP contribution in [0.1, 0.15) is 51.1 Å². The highest BCUT2D eigenvalue weighted by atomic mass is 16.6. The molecule has 0 aliphatic carbocycles. The lowest BCUT2D eigenvalue weighted by atomic mass is 10.1. The Balaban J connectivity index is 2.29. The van der Waals surface area contributed by atoms with Crippen molar-refractivity contribution < 1.29 is 9.15 Å². The molecule has 1 aromatic heterocycles. The molecule has 1 aliphatic rings. The van der Waals surface area contributed by atoms with Crippen molar-refractivity contribution in [3.05, 3.63) is 17.7 Å². The number of hydrogen-bond acceptors (Lipinski definition) is 4. The van der Waals surface area contributed by atoms with Crippen molar-refractivity contribution in [3.63, 3.8) is 0 Å². The number of ether oxygens (including phenoxy) is 1. The van der Waals surface area contributed by atoms with Gasteiger partial charge in [-0.05, 0) is 26.8 Å². The van der Waals surface area contributed by atoms with Crippen LogP contribution in [0.5, 0.6) is 5.95 Å². The minimum Gasteiger partial charge on any atom is -0.464 e. The lowest BCUT2D eigenvalue weighted by Gasteiger charge is -2.20. The molecule has 1 aromatic rings. The molecule has 1 aliphatic heterocycles. The van der Waals surface area contributed by atoms with Gasteiger partial charge in [0.05, 0.1) is 6.61 Å². The molecule has 106 valence electrons. The first-order chi connectivity index (χ1) is 9.15. The Morgan fingerprint density at radius 1 is 1.47 bits per heavy atom. The fourth-order valence-electron chi connectivity index (χ4n) is 2.24. The standard InChI is InChI=1S/C15H24N2O2/c1-5-11(3)13-15(18-6-2)19-14(16-13)12-8-7-9-17(4)10-12/h8,11H,5-7,9-10H2,1-4H3/t11-/m0/s1. The van der Waals surface area contributed by atoms with Gasteiger partial charge >= 0.3 is 5.95 Å². The van der Waals surface area contributed by atoms with Crippen LogP contribution in [0.4, 0.5) is 0 Å². The molecule has 0 bridgehead atoms. The predicted octanol–water partition coefficient (Wildman–Crippen LogP) is 3.31. The Morgan fingerprint density at radius 3 is 2.89 bits per heavy atom. The Morgan fingerprint density at radius 2 is 2.26 bits per heavy atom. The number of oxazole rings is 1. The molecule has 0 saturated heterocycles. The van der Waals surface area contributed by atoms with E-state index in [9.17, 15) is 0 Å². The summed E-state index contributed by atoms with van der Waals surface area (Å²) in [6.07, 6.45) is 4.31. The quantitative estimate of drug-likeness (QED) is 0.818. The molecule has 0 amide bonds. The lowest BCUT2D eigenvalue weighted by molar-refractivity contribution is 0.249. The Labute approximate surface area is 115 Å². The van der Waals surface area contributed by atoms with Gasteiger partial charge in [0, 0.05) is 24.6 Å². The molecular formula is C15H24N2O2. The van der Waals surface area contributed by atoms with E-state index in [1.54, 1.807) is 0 Å². The minimum atomic E-state index is 0.362. The van der Waals surface area contributed by atoms with Gasteiger partial charge in [0.15, 0.2) is 0 Å². The molecule has 0 saturated carbocycles. The highest BCUT2D eigenvalue weighted by Crippen LogP contribution is 2.32. The first kappa shape index (κ1) is 14.1. The molecule has 2 heterocycles. The summed E-state index contributed by atoms with van der Waals surface area (Å²) in [5, 5.41) is 0. The van der Waals surface area contributed by atoms with Crippen LogP contribution in [-0.4, -0.2) is 36.6 Å². The fraction of sp³-hybridized carbons (Fsp3) is 0.667. The zero-order chi connectivity index (χ0) is 13.8. The number of likely N-dealkylation sites (N-methyl/N-ethyl adjacent to an activating group) is 1. The second-order valence-corrected chi connectivity index (χ2v) is 5.19. The van der Waals surface area contributed by atoms with E-state index in [4.69, 9.17) is 9.15 Å². The molecule has 0 unspecified atom stereocenters. The van der Waals surface area contributed by atoms with Gasteiger partial charge in [0.25, 0.3) is 0 Å². The highest BCUT2D eigenvalue weighted by molar-refractivity contribution is 5.61. The Hall–Kier alpha value is -1.29. The van der Waals surface area contributed by atoms with Crippen LogP contribution in [0.2, 0.25) is 0 Å². The van der Waals surface area contributed by atoms with E-state index in [1.807, 2.05) is 6.92 Å². The van der Waals surface area contributed by atoms with E-state index in [0.717, 1.165) is 37.5 Å². The van der Waals surface area contributed by atoms with Crippen LogP contribution < -0.4 is 4.74 Å². The van der Waals surface area contributed by atoms with Gasteiger partial charge in [-0.15, -0.1) is 0 Å². The summed E-state index contributed by atoms with van der Waals surface area (Å²) in [7, 11) is 2.12. The minimum absolute atomic E-state index is 0.362. The number of nitrogens with zero attached hydrogens (tertiary/aromatic N) is 2. The second kappa shape index (κ2) is 6.24. The van der Waals surface area contributed by atoms with Crippen LogP contribution in [0.25, 0.3) is 5.57 Å². The number of aromatic nitrogens is 1. The van der Waals surface area contributed by atoms with Crippen molar-refractivity contribution in [1.82, 2.24) is 9.88 Å². The van der Waals surface area contributed by atoms with Gasteiger partial charge in [0.2, 0.25) is 5.89 Å². The van der Waals surface area contributed by atoms with Crippen molar-refractivity contribution in [1.29, 1.82) is 0 Å². The molecule has 2 rings (SSSR count). The molecule has 4 nitrogen and oxygen atoms in total. The second-order valence-electron chi connectivity index (χ2n) is 5.19. The molecule has 0 N–H and O–H groups in total. The Bertz CT molecular complexity index is 451. The zero-order valence-electron chi connectivity index (χ0n) is 12.4. The average molecular weight is 264 g/mol. The summed E-state index contributed by atoms with van der Waals surface area (Å²) in [6.45, 7) is 8.88. The van der Waals surface area contributed by atoms with Crippen LogP contribution >= 0.6 is 0 Å². The van der Waals surface area contributed by atoms with E-state index in [0.29, 0.717) is 18.5 Å². The first-order valence-electron chi connectivity index (χ1n) is 7.17. The van der Waals surface area contributed by atoms with E-state index in [-0.39, 0.29) is 0 Å². The van der Waals surface area contributed by atoms with Crippen molar-refractivity contribution in [3.8, 4) is 5.95 Å². The normalized spacial score (nSPS) is 18.2. The van der Waals surface area contributed by atoms with Crippen molar-refractivity contribution in [2.75, 3.05) is 26.7 Å². The smallest absolute Gasteiger partial charge is 0.309 e. The maximum absolute atomic E-state index is 5.84. The topological polar surface area (TPSA) is 38.5 Å². The SMILES string of the molecule is CCOc1oc(C2=CCCN(C)C2)nc1[C@@H](C)CC. The largest absolute Gasteiger partial charge is 0.464 e. The third-order valence-electron chi connectivity index (χ3n) is 3.59. The molecular weight excluding hydrogens is 240 g/mol. The van der Waals surface area contributed by atoms with E-state index >= 15 is 0 Å². The molecule has 0 spiro atoms. The Kier molecular flexibility index (Phi) is 4.64. The number of rotatable bonds is 5. The zero-order valence-corrected chi connectivity index (χ0v) is 12.4. The average Bonchev–Trinajstić information content (AvgIpc) is 2.82. The molecule has 19 heavy (non-hydrogen) atoms. The van der Waals surface area contributed by atoms with Crippen molar-refractivity contribution >= 4 is 5.57 Å². The molecule has 0 fully saturated rings. The third-order valence-corrected chi connectivity index (χ3v) is 3.59. The van der Waals surface area contributed by atoms with Crippen LogP contribution in [-0.2, 0) is 0 Å². The van der Waals surface area contributed by atoms with Crippen molar-refractivity contribution in [2.24, 2.45) is 0 Å².